The van der Waals surface area contributed by atoms with Crippen LogP contribution in [-0.2, 0) is 6.42 Å². The standard InChI is InChI=1S/C15H13BrN4O/c1-2-11-6-10(7-14(18)19-11)15(21)20-13-4-3-9(8-17)5-12(13)16/h3-7H,2H2,1H3,(H2,18,19)(H,20,21). The number of nitrogens with zero attached hydrogens (tertiary/aromatic N) is 2. The Bertz CT molecular complexity index is 737. The van der Waals surface area contributed by atoms with Crippen molar-refractivity contribution in [1.29, 1.82) is 5.26 Å². The first kappa shape index (κ1) is 15.0. The Morgan fingerprint density at radius 3 is 2.81 bits per heavy atom. The van der Waals surface area contributed by atoms with Gasteiger partial charge in [0.05, 0.1) is 17.3 Å². The topological polar surface area (TPSA) is 91.8 Å². The molecule has 6 heteroatoms. The molecule has 0 aliphatic rings. The van der Waals surface area contributed by atoms with Gasteiger partial charge in [-0.3, -0.25) is 4.79 Å². The molecule has 0 bridgehead atoms. The number of nitriles is 1. The zero-order chi connectivity index (χ0) is 15.4. The van der Waals surface area contributed by atoms with E-state index in [-0.39, 0.29) is 5.91 Å². The Balaban J connectivity index is 2.26. The molecule has 0 aliphatic carbocycles. The van der Waals surface area contributed by atoms with E-state index < -0.39 is 0 Å². The van der Waals surface area contributed by atoms with Gasteiger partial charge in [-0.05, 0) is 52.7 Å². The average molecular weight is 345 g/mol. The van der Waals surface area contributed by atoms with Crippen LogP contribution in [0.4, 0.5) is 11.5 Å². The lowest BCUT2D eigenvalue weighted by Crippen LogP contribution is -2.14. The molecule has 3 N–H and O–H groups in total. The van der Waals surface area contributed by atoms with Crippen molar-refractivity contribution in [3.05, 3.63) is 51.6 Å². The van der Waals surface area contributed by atoms with Crippen LogP contribution in [0.25, 0.3) is 0 Å². The number of halogens is 1. The number of amides is 1. The number of nitrogens with two attached hydrogens (primary N) is 1. The Kier molecular flexibility index (Phi) is 4.55. The molecule has 1 amide bonds. The summed E-state index contributed by atoms with van der Waals surface area (Å²) in [6.45, 7) is 1.95. The number of hydrogen-bond donors (Lipinski definition) is 2. The van der Waals surface area contributed by atoms with Crippen molar-refractivity contribution in [1.82, 2.24) is 4.98 Å². The monoisotopic (exact) mass is 344 g/mol. The van der Waals surface area contributed by atoms with Gasteiger partial charge in [0.2, 0.25) is 0 Å². The van der Waals surface area contributed by atoms with Crippen molar-refractivity contribution < 1.29 is 4.79 Å². The highest BCUT2D eigenvalue weighted by Crippen LogP contribution is 2.24. The van der Waals surface area contributed by atoms with Crippen LogP contribution in [0.2, 0.25) is 0 Å². The molecule has 2 aromatic rings. The van der Waals surface area contributed by atoms with E-state index in [1.54, 1.807) is 24.3 Å². The van der Waals surface area contributed by atoms with Crippen molar-refractivity contribution in [2.24, 2.45) is 0 Å². The number of carbonyl (C=O) groups excluding carboxylic acids is 1. The molecule has 5 nitrogen and oxygen atoms in total. The van der Waals surface area contributed by atoms with Crippen molar-refractivity contribution in [3.63, 3.8) is 0 Å². The minimum atomic E-state index is -0.274. The molecule has 0 unspecified atom stereocenters. The minimum absolute atomic E-state index is 0.274. The fourth-order valence-electron chi connectivity index (χ4n) is 1.80. The second kappa shape index (κ2) is 6.37. The van der Waals surface area contributed by atoms with Crippen LogP contribution < -0.4 is 11.1 Å². The van der Waals surface area contributed by atoms with Gasteiger partial charge in [0.1, 0.15) is 5.82 Å². The van der Waals surface area contributed by atoms with Gasteiger partial charge < -0.3 is 11.1 Å². The second-order valence-corrected chi connectivity index (χ2v) is 5.24. The van der Waals surface area contributed by atoms with Gasteiger partial charge in [0.15, 0.2) is 0 Å². The van der Waals surface area contributed by atoms with Crippen LogP contribution in [0.15, 0.2) is 34.8 Å². The summed E-state index contributed by atoms with van der Waals surface area (Å²) in [6.07, 6.45) is 0.700. The molecule has 106 valence electrons. The van der Waals surface area contributed by atoms with Gasteiger partial charge in [-0.25, -0.2) is 4.98 Å². The fraction of sp³-hybridized carbons (Fsp3) is 0.133. The molecular weight excluding hydrogens is 332 g/mol. The molecule has 0 fully saturated rings. The van der Waals surface area contributed by atoms with Crippen molar-refractivity contribution in [2.75, 3.05) is 11.1 Å². The van der Waals surface area contributed by atoms with E-state index in [1.165, 1.54) is 6.07 Å². The zero-order valence-corrected chi connectivity index (χ0v) is 12.9. The van der Waals surface area contributed by atoms with E-state index in [2.05, 4.69) is 26.2 Å². The molecule has 0 saturated carbocycles. The second-order valence-electron chi connectivity index (χ2n) is 4.39. The highest BCUT2D eigenvalue weighted by molar-refractivity contribution is 9.10. The number of nitrogen functional groups attached to an aromatic ring is 1. The van der Waals surface area contributed by atoms with Crippen LogP contribution in [0.5, 0.6) is 0 Å². The van der Waals surface area contributed by atoms with Gasteiger partial charge in [-0.1, -0.05) is 6.92 Å². The Morgan fingerprint density at radius 1 is 1.43 bits per heavy atom. The van der Waals surface area contributed by atoms with Gasteiger partial charge in [-0.15, -0.1) is 0 Å². The molecule has 1 heterocycles. The van der Waals surface area contributed by atoms with E-state index in [0.717, 1.165) is 5.69 Å². The normalized spacial score (nSPS) is 9.95. The van der Waals surface area contributed by atoms with Crippen molar-refractivity contribution in [2.45, 2.75) is 13.3 Å². The Labute approximate surface area is 130 Å². The number of aryl methyl sites for hydroxylation is 1. The van der Waals surface area contributed by atoms with Gasteiger partial charge in [-0.2, -0.15) is 5.26 Å². The summed E-state index contributed by atoms with van der Waals surface area (Å²) in [6, 6.07) is 10.2. The van der Waals surface area contributed by atoms with E-state index in [0.29, 0.717) is 33.5 Å². The molecular formula is C15H13BrN4O. The molecule has 0 radical (unpaired) electrons. The van der Waals surface area contributed by atoms with Crippen LogP contribution in [0.3, 0.4) is 0 Å². The predicted octanol–water partition coefficient (Wildman–Crippen LogP) is 3.11. The summed E-state index contributed by atoms with van der Waals surface area (Å²) < 4.78 is 0.646. The lowest BCUT2D eigenvalue weighted by atomic mass is 10.1. The number of pyridine rings is 1. The molecule has 1 aromatic heterocycles. The number of nitrogens with one attached hydrogen (secondary N) is 1. The Morgan fingerprint density at radius 2 is 2.19 bits per heavy atom. The summed E-state index contributed by atoms with van der Waals surface area (Å²) in [4.78, 5) is 16.4. The first-order valence-electron chi connectivity index (χ1n) is 6.31. The maximum Gasteiger partial charge on any atom is 0.255 e. The van der Waals surface area contributed by atoms with Crippen molar-refractivity contribution >= 4 is 33.3 Å². The van der Waals surface area contributed by atoms with E-state index in [1.807, 2.05) is 13.0 Å². The molecule has 1 aromatic carbocycles. The van der Waals surface area contributed by atoms with Crippen LogP contribution in [-0.4, -0.2) is 10.9 Å². The number of hydrogen-bond acceptors (Lipinski definition) is 4. The van der Waals surface area contributed by atoms with E-state index in [9.17, 15) is 4.79 Å². The van der Waals surface area contributed by atoms with Gasteiger partial charge in [0.25, 0.3) is 5.91 Å². The zero-order valence-electron chi connectivity index (χ0n) is 11.4. The molecule has 0 atom stereocenters. The van der Waals surface area contributed by atoms with Crippen LogP contribution in [0.1, 0.15) is 28.5 Å². The predicted molar refractivity (Wildman–Crippen MR) is 84.8 cm³/mol. The minimum Gasteiger partial charge on any atom is -0.384 e. The third kappa shape index (κ3) is 3.58. The lowest BCUT2D eigenvalue weighted by Gasteiger charge is -2.09. The molecule has 0 aliphatic heterocycles. The first-order chi connectivity index (χ1) is 10.0. The number of benzene rings is 1. The SMILES string of the molecule is CCc1cc(C(=O)Nc2ccc(C#N)cc2Br)cc(N)n1. The Hall–Kier alpha value is -2.39. The summed E-state index contributed by atoms with van der Waals surface area (Å²) in [5.41, 5.74) is 8.02. The quantitative estimate of drug-likeness (QED) is 0.894. The first-order valence-corrected chi connectivity index (χ1v) is 7.10. The molecule has 2 rings (SSSR count). The lowest BCUT2D eigenvalue weighted by molar-refractivity contribution is 0.102. The van der Waals surface area contributed by atoms with Gasteiger partial charge in [0, 0.05) is 15.7 Å². The molecule has 21 heavy (non-hydrogen) atoms. The van der Waals surface area contributed by atoms with Crippen LogP contribution in [0, 0.1) is 11.3 Å². The maximum atomic E-state index is 12.3. The van der Waals surface area contributed by atoms with E-state index >= 15 is 0 Å². The summed E-state index contributed by atoms with van der Waals surface area (Å²) >= 11 is 3.33. The largest absolute Gasteiger partial charge is 0.384 e. The number of aromatic nitrogens is 1. The highest BCUT2D eigenvalue weighted by atomic mass is 79.9. The summed E-state index contributed by atoms with van der Waals surface area (Å²) in [5, 5.41) is 11.6. The maximum absolute atomic E-state index is 12.3. The fourth-order valence-corrected chi connectivity index (χ4v) is 2.28. The third-order valence-electron chi connectivity index (χ3n) is 2.87. The molecule has 0 saturated heterocycles. The third-order valence-corrected chi connectivity index (χ3v) is 3.53. The smallest absolute Gasteiger partial charge is 0.255 e. The summed E-state index contributed by atoms with van der Waals surface area (Å²) in [7, 11) is 0. The number of rotatable bonds is 3. The molecule has 0 spiro atoms. The highest BCUT2D eigenvalue weighted by Gasteiger charge is 2.11. The van der Waals surface area contributed by atoms with Crippen molar-refractivity contribution in [3.8, 4) is 6.07 Å². The number of carbonyl (C=O) groups is 1. The van der Waals surface area contributed by atoms with Crippen LogP contribution >= 0.6 is 15.9 Å². The average Bonchev–Trinajstić information content (AvgIpc) is 2.48. The van der Waals surface area contributed by atoms with E-state index in [4.69, 9.17) is 11.0 Å². The summed E-state index contributed by atoms with van der Waals surface area (Å²) in [5.74, 6) is 0.0441. The number of anilines is 2. The van der Waals surface area contributed by atoms with Gasteiger partial charge >= 0.3 is 0 Å².